The van der Waals surface area contributed by atoms with E-state index in [1.165, 1.54) is 12.1 Å². The SMILES string of the molecule is CC(C)NC(=O)CCOc1ccc([C@H](C)N)cc1F. The van der Waals surface area contributed by atoms with E-state index < -0.39 is 5.82 Å². The van der Waals surface area contributed by atoms with Crippen molar-refractivity contribution in [1.82, 2.24) is 5.32 Å². The molecule has 0 aliphatic heterocycles. The zero-order valence-electron chi connectivity index (χ0n) is 11.6. The van der Waals surface area contributed by atoms with E-state index in [9.17, 15) is 9.18 Å². The monoisotopic (exact) mass is 268 g/mol. The summed E-state index contributed by atoms with van der Waals surface area (Å²) in [4.78, 5) is 11.4. The van der Waals surface area contributed by atoms with Crippen LogP contribution < -0.4 is 15.8 Å². The second-order valence-electron chi connectivity index (χ2n) is 4.80. The second kappa shape index (κ2) is 7.09. The van der Waals surface area contributed by atoms with Crippen molar-refractivity contribution < 1.29 is 13.9 Å². The van der Waals surface area contributed by atoms with E-state index in [-0.39, 0.29) is 36.8 Å². The van der Waals surface area contributed by atoms with Crippen LogP contribution in [0.25, 0.3) is 0 Å². The van der Waals surface area contributed by atoms with Crippen LogP contribution in [0.15, 0.2) is 18.2 Å². The molecule has 0 bridgehead atoms. The summed E-state index contributed by atoms with van der Waals surface area (Å²) >= 11 is 0. The van der Waals surface area contributed by atoms with Crippen LogP contribution in [0.5, 0.6) is 5.75 Å². The Morgan fingerprint density at radius 3 is 2.63 bits per heavy atom. The fourth-order valence-corrected chi connectivity index (χ4v) is 1.57. The molecule has 0 saturated carbocycles. The molecule has 0 spiro atoms. The Morgan fingerprint density at radius 2 is 2.11 bits per heavy atom. The van der Waals surface area contributed by atoms with Gasteiger partial charge in [0, 0.05) is 12.1 Å². The van der Waals surface area contributed by atoms with E-state index in [0.717, 1.165) is 0 Å². The Labute approximate surface area is 113 Å². The lowest BCUT2D eigenvalue weighted by atomic mass is 10.1. The highest BCUT2D eigenvalue weighted by Gasteiger charge is 2.08. The summed E-state index contributed by atoms with van der Waals surface area (Å²) in [6.07, 6.45) is 0.201. The van der Waals surface area contributed by atoms with Crippen LogP contribution in [-0.2, 0) is 4.79 Å². The van der Waals surface area contributed by atoms with Gasteiger partial charge < -0.3 is 15.8 Å². The third-order valence-electron chi connectivity index (χ3n) is 2.52. The van der Waals surface area contributed by atoms with Gasteiger partial charge in [0.15, 0.2) is 11.6 Å². The van der Waals surface area contributed by atoms with Crippen molar-refractivity contribution in [1.29, 1.82) is 0 Å². The smallest absolute Gasteiger partial charge is 0.223 e. The average Bonchev–Trinajstić information content (AvgIpc) is 2.29. The molecule has 5 heteroatoms. The topological polar surface area (TPSA) is 64.3 Å². The first-order chi connectivity index (χ1) is 8.90. The summed E-state index contributed by atoms with van der Waals surface area (Å²) in [5.41, 5.74) is 6.37. The van der Waals surface area contributed by atoms with Crippen LogP contribution in [-0.4, -0.2) is 18.6 Å². The van der Waals surface area contributed by atoms with Crippen LogP contribution in [0.2, 0.25) is 0 Å². The number of nitrogens with two attached hydrogens (primary N) is 1. The normalized spacial score (nSPS) is 12.3. The molecule has 0 aromatic heterocycles. The molecule has 0 aliphatic carbocycles. The van der Waals surface area contributed by atoms with E-state index in [2.05, 4.69) is 5.32 Å². The number of rotatable bonds is 6. The highest BCUT2D eigenvalue weighted by molar-refractivity contribution is 5.76. The number of amides is 1. The van der Waals surface area contributed by atoms with Gasteiger partial charge in [0.1, 0.15) is 0 Å². The van der Waals surface area contributed by atoms with Crippen LogP contribution in [0.1, 0.15) is 38.8 Å². The molecular weight excluding hydrogens is 247 g/mol. The Morgan fingerprint density at radius 1 is 1.42 bits per heavy atom. The van der Waals surface area contributed by atoms with E-state index >= 15 is 0 Å². The zero-order valence-corrected chi connectivity index (χ0v) is 11.6. The molecule has 0 saturated heterocycles. The lowest BCUT2D eigenvalue weighted by molar-refractivity contribution is -0.122. The number of ether oxygens (including phenoxy) is 1. The highest BCUT2D eigenvalue weighted by atomic mass is 19.1. The molecule has 4 nitrogen and oxygen atoms in total. The number of hydrogen-bond donors (Lipinski definition) is 2. The third kappa shape index (κ3) is 5.26. The predicted octanol–water partition coefficient (Wildman–Crippen LogP) is 2.14. The molecular formula is C14H21FN2O2. The van der Waals surface area contributed by atoms with Gasteiger partial charge in [0.2, 0.25) is 5.91 Å². The van der Waals surface area contributed by atoms with Crippen molar-refractivity contribution in [3.8, 4) is 5.75 Å². The molecule has 1 aromatic rings. The standard InChI is InChI=1S/C14H21FN2O2/c1-9(2)17-14(18)6-7-19-13-5-4-11(10(3)16)8-12(13)15/h4-5,8-10H,6-7,16H2,1-3H3,(H,17,18)/t10-/m0/s1. The molecule has 3 N–H and O–H groups in total. The van der Waals surface area contributed by atoms with E-state index in [1.54, 1.807) is 13.0 Å². The van der Waals surface area contributed by atoms with Gasteiger partial charge in [-0.25, -0.2) is 4.39 Å². The molecule has 19 heavy (non-hydrogen) atoms. The third-order valence-corrected chi connectivity index (χ3v) is 2.52. The Hall–Kier alpha value is -1.62. The van der Waals surface area contributed by atoms with Crippen molar-refractivity contribution in [3.63, 3.8) is 0 Å². The average molecular weight is 268 g/mol. The van der Waals surface area contributed by atoms with Crippen LogP contribution in [0.4, 0.5) is 4.39 Å². The highest BCUT2D eigenvalue weighted by Crippen LogP contribution is 2.21. The maximum Gasteiger partial charge on any atom is 0.223 e. The summed E-state index contributed by atoms with van der Waals surface area (Å²) < 4.78 is 18.9. The minimum Gasteiger partial charge on any atom is -0.490 e. The number of carbonyl (C=O) groups is 1. The van der Waals surface area contributed by atoms with Gasteiger partial charge in [-0.3, -0.25) is 4.79 Å². The molecule has 0 fully saturated rings. The van der Waals surface area contributed by atoms with Gasteiger partial charge in [-0.05, 0) is 38.5 Å². The fourth-order valence-electron chi connectivity index (χ4n) is 1.57. The van der Waals surface area contributed by atoms with Gasteiger partial charge in [-0.15, -0.1) is 0 Å². The summed E-state index contributed by atoms with van der Waals surface area (Å²) in [6, 6.07) is 4.48. The summed E-state index contributed by atoms with van der Waals surface area (Å²) in [5, 5.41) is 2.74. The fraction of sp³-hybridized carbons (Fsp3) is 0.500. The minimum atomic E-state index is -0.459. The first-order valence-electron chi connectivity index (χ1n) is 6.37. The molecule has 106 valence electrons. The molecule has 0 unspecified atom stereocenters. The van der Waals surface area contributed by atoms with Crippen LogP contribution in [0, 0.1) is 5.82 Å². The quantitative estimate of drug-likeness (QED) is 0.830. The Kier molecular flexibility index (Phi) is 5.76. The van der Waals surface area contributed by atoms with Gasteiger partial charge in [0.05, 0.1) is 13.0 Å². The molecule has 0 aliphatic rings. The van der Waals surface area contributed by atoms with E-state index in [0.29, 0.717) is 5.56 Å². The molecule has 1 amide bonds. The lowest BCUT2D eigenvalue weighted by Gasteiger charge is -2.11. The largest absolute Gasteiger partial charge is 0.490 e. The van der Waals surface area contributed by atoms with Crippen molar-refractivity contribution in [2.45, 2.75) is 39.3 Å². The summed E-state index contributed by atoms with van der Waals surface area (Å²) in [7, 11) is 0. The van der Waals surface area contributed by atoms with Gasteiger partial charge in [-0.2, -0.15) is 0 Å². The van der Waals surface area contributed by atoms with Gasteiger partial charge in [-0.1, -0.05) is 6.07 Å². The van der Waals surface area contributed by atoms with Crippen molar-refractivity contribution in [2.75, 3.05) is 6.61 Å². The summed E-state index contributed by atoms with van der Waals surface area (Å²) in [6.45, 7) is 5.69. The number of carbonyl (C=O) groups excluding carboxylic acids is 1. The van der Waals surface area contributed by atoms with E-state index in [1.807, 2.05) is 13.8 Å². The molecule has 0 heterocycles. The first-order valence-corrected chi connectivity index (χ1v) is 6.37. The van der Waals surface area contributed by atoms with Gasteiger partial charge >= 0.3 is 0 Å². The Balaban J connectivity index is 2.48. The molecule has 0 radical (unpaired) electrons. The Bertz CT molecular complexity index is 433. The van der Waals surface area contributed by atoms with Crippen molar-refractivity contribution in [2.24, 2.45) is 5.73 Å². The maximum atomic E-state index is 13.7. The number of nitrogens with one attached hydrogen (secondary N) is 1. The molecule has 1 aromatic carbocycles. The first kappa shape index (κ1) is 15.4. The molecule has 1 atom stereocenters. The van der Waals surface area contributed by atoms with Crippen LogP contribution in [0.3, 0.4) is 0 Å². The number of benzene rings is 1. The number of hydrogen-bond acceptors (Lipinski definition) is 3. The van der Waals surface area contributed by atoms with Crippen molar-refractivity contribution >= 4 is 5.91 Å². The van der Waals surface area contributed by atoms with E-state index in [4.69, 9.17) is 10.5 Å². The van der Waals surface area contributed by atoms with Crippen LogP contribution >= 0.6 is 0 Å². The second-order valence-corrected chi connectivity index (χ2v) is 4.80. The minimum absolute atomic E-state index is 0.0922. The van der Waals surface area contributed by atoms with Gasteiger partial charge in [0.25, 0.3) is 0 Å². The zero-order chi connectivity index (χ0) is 14.4. The summed E-state index contributed by atoms with van der Waals surface area (Å²) in [5.74, 6) is -0.427. The predicted molar refractivity (Wildman–Crippen MR) is 72.4 cm³/mol. The maximum absolute atomic E-state index is 13.7. The lowest BCUT2D eigenvalue weighted by Crippen LogP contribution is -2.31. The number of halogens is 1. The van der Waals surface area contributed by atoms with Crippen molar-refractivity contribution in [3.05, 3.63) is 29.6 Å². The molecule has 1 rings (SSSR count).